The van der Waals surface area contributed by atoms with Crippen LogP contribution in [0, 0.1) is 0 Å². The summed E-state index contributed by atoms with van der Waals surface area (Å²) in [4.78, 5) is 14.3. The van der Waals surface area contributed by atoms with Crippen molar-refractivity contribution in [2.45, 2.75) is 33.2 Å². The summed E-state index contributed by atoms with van der Waals surface area (Å²) in [5.41, 5.74) is 8.16. The van der Waals surface area contributed by atoms with Crippen LogP contribution in [0.4, 0.5) is 5.69 Å². The molecule has 0 aliphatic carbocycles. The fraction of sp³-hybridized carbons (Fsp3) is 0.562. The number of hydrogen-bond acceptors (Lipinski definition) is 5. The lowest BCUT2D eigenvalue weighted by Crippen LogP contribution is -2.23. The Hall–Kier alpha value is -1.11. The molecule has 0 aromatic heterocycles. The number of halogens is 1. The second-order valence-corrected chi connectivity index (χ2v) is 5.91. The number of esters is 1. The number of nitrogen functional groups attached to an aromatic ring is 1. The predicted molar refractivity (Wildman–Crippen MR) is 91.8 cm³/mol. The minimum absolute atomic E-state index is 0.110. The summed E-state index contributed by atoms with van der Waals surface area (Å²) in [5, 5.41) is 8.72. The van der Waals surface area contributed by atoms with Crippen molar-refractivity contribution in [2.75, 3.05) is 32.0 Å². The number of anilines is 1. The van der Waals surface area contributed by atoms with Gasteiger partial charge in [-0.3, -0.25) is 4.90 Å². The Morgan fingerprint density at radius 2 is 2.00 bits per heavy atom. The smallest absolute Gasteiger partial charge is 0.338 e. The summed E-state index contributed by atoms with van der Waals surface area (Å²) >= 11 is 3.41. The van der Waals surface area contributed by atoms with Crippen LogP contribution in [-0.4, -0.2) is 42.3 Å². The summed E-state index contributed by atoms with van der Waals surface area (Å²) in [6, 6.07) is 3.49. The van der Waals surface area contributed by atoms with Gasteiger partial charge in [0, 0.05) is 17.6 Å². The molecule has 0 atom stereocenters. The van der Waals surface area contributed by atoms with Gasteiger partial charge in [-0.15, -0.1) is 0 Å². The highest BCUT2D eigenvalue weighted by Crippen LogP contribution is 2.27. The third-order valence-electron chi connectivity index (χ3n) is 3.52. The van der Waals surface area contributed by atoms with E-state index in [1.54, 1.807) is 12.1 Å². The van der Waals surface area contributed by atoms with Crippen LogP contribution in [-0.2, 0) is 11.3 Å². The summed E-state index contributed by atoms with van der Waals surface area (Å²) in [6.07, 6.45) is 1.29. The first-order chi connectivity index (χ1) is 10.5. The maximum atomic E-state index is 12.1. The molecular weight excluding hydrogens is 348 g/mol. The molecule has 1 aromatic carbocycles. The van der Waals surface area contributed by atoms with E-state index in [4.69, 9.17) is 15.6 Å². The van der Waals surface area contributed by atoms with E-state index in [-0.39, 0.29) is 12.6 Å². The molecule has 0 fully saturated rings. The van der Waals surface area contributed by atoms with Gasteiger partial charge in [0.1, 0.15) is 0 Å². The van der Waals surface area contributed by atoms with E-state index in [0.717, 1.165) is 18.7 Å². The normalized spacial score (nSPS) is 11.0. The van der Waals surface area contributed by atoms with Crippen molar-refractivity contribution in [1.82, 2.24) is 4.90 Å². The number of nitrogens with two attached hydrogens (primary N) is 1. The number of rotatable bonds is 9. The van der Waals surface area contributed by atoms with E-state index in [0.29, 0.717) is 41.7 Å². The van der Waals surface area contributed by atoms with Crippen molar-refractivity contribution in [3.63, 3.8) is 0 Å². The number of carbonyl (C=O) groups is 1. The molecule has 6 heteroatoms. The molecule has 0 saturated carbocycles. The highest BCUT2D eigenvalue weighted by atomic mass is 79.9. The topological polar surface area (TPSA) is 75.8 Å². The highest BCUT2D eigenvalue weighted by Gasteiger charge is 2.14. The molecule has 22 heavy (non-hydrogen) atoms. The average Bonchev–Trinajstić information content (AvgIpc) is 2.52. The molecule has 0 amide bonds. The number of aliphatic hydroxyl groups excluding tert-OH is 1. The number of ether oxygens (including phenoxy) is 1. The number of benzene rings is 1. The summed E-state index contributed by atoms with van der Waals surface area (Å²) < 4.78 is 5.92. The molecule has 0 aliphatic rings. The van der Waals surface area contributed by atoms with Gasteiger partial charge in [0.25, 0.3) is 0 Å². The quantitative estimate of drug-likeness (QED) is 0.396. The molecule has 124 valence electrons. The van der Waals surface area contributed by atoms with Gasteiger partial charge in [-0.25, -0.2) is 4.79 Å². The first-order valence-corrected chi connectivity index (χ1v) is 8.40. The largest absolute Gasteiger partial charge is 0.462 e. The Morgan fingerprint density at radius 3 is 2.59 bits per heavy atom. The molecule has 3 N–H and O–H groups in total. The second-order valence-electron chi connectivity index (χ2n) is 5.06. The summed E-state index contributed by atoms with van der Waals surface area (Å²) in [6.45, 7) is 7.14. The lowest BCUT2D eigenvalue weighted by atomic mass is 10.1. The van der Waals surface area contributed by atoms with Crippen LogP contribution in [0.3, 0.4) is 0 Å². The standard InChI is InChI=1S/C16H25BrN2O3/c1-3-19(4-2)11-13-9-12(10-14(17)15(13)18)16(21)22-8-6-5-7-20/h9-10,20H,3-8,11,18H2,1-2H3. The van der Waals surface area contributed by atoms with Crippen molar-refractivity contribution < 1.29 is 14.6 Å². The maximum Gasteiger partial charge on any atom is 0.338 e. The van der Waals surface area contributed by atoms with Crippen molar-refractivity contribution in [3.8, 4) is 0 Å². The van der Waals surface area contributed by atoms with Crippen LogP contribution < -0.4 is 5.73 Å². The SMILES string of the molecule is CCN(CC)Cc1cc(C(=O)OCCCCO)cc(Br)c1N. The Balaban J connectivity index is 2.83. The first kappa shape index (κ1) is 18.9. The van der Waals surface area contributed by atoms with E-state index < -0.39 is 0 Å². The zero-order chi connectivity index (χ0) is 16.5. The molecule has 0 spiro atoms. The zero-order valence-corrected chi connectivity index (χ0v) is 14.9. The fourth-order valence-electron chi connectivity index (χ4n) is 2.07. The Morgan fingerprint density at radius 1 is 1.32 bits per heavy atom. The molecule has 0 bridgehead atoms. The minimum atomic E-state index is -0.362. The van der Waals surface area contributed by atoms with Gasteiger partial charge in [0.2, 0.25) is 0 Å². The molecular formula is C16H25BrN2O3. The zero-order valence-electron chi connectivity index (χ0n) is 13.3. The molecule has 5 nitrogen and oxygen atoms in total. The molecule has 0 saturated heterocycles. The Labute approximate surface area is 140 Å². The number of carbonyl (C=O) groups excluding carboxylic acids is 1. The number of nitrogens with zero attached hydrogens (tertiary/aromatic N) is 1. The van der Waals surface area contributed by atoms with Gasteiger partial charge in [0.05, 0.1) is 17.9 Å². The fourth-order valence-corrected chi connectivity index (χ4v) is 2.57. The van der Waals surface area contributed by atoms with Crippen LogP contribution in [0.2, 0.25) is 0 Å². The molecule has 1 aromatic rings. The van der Waals surface area contributed by atoms with E-state index in [1.807, 2.05) is 0 Å². The molecule has 1 rings (SSSR count). The van der Waals surface area contributed by atoms with Gasteiger partial charge in [-0.1, -0.05) is 13.8 Å². The van der Waals surface area contributed by atoms with Gasteiger partial charge < -0.3 is 15.6 Å². The predicted octanol–water partition coefficient (Wildman–Crippen LogP) is 2.80. The highest BCUT2D eigenvalue weighted by molar-refractivity contribution is 9.10. The van der Waals surface area contributed by atoms with Crippen LogP contribution in [0.15, 0.2) is 16.6 Å². The second kappa shape index (κ2) is 9.82. The van der Waals surface area contributed by atoms with E-state index in [9.17, 15) is 4.79 Å². The van der Waals surface area contributed by atoms with Crippen molar-refractivity contribution >= 4 is 27.6 Å². The average molecular weight is 373 g/mol. The third kappa shape index (κ3) is 5.59. The number of aliphatic hydroxyl groups is 1. The van der Waals surface area contributed by atoms with Crippen molar-refractivity contribution in [2.24, 2.45) is 0 Å². The summed E-state index contributed by atoms with van der Waals surface area (Å²) in [7, 11) is 0. The van der Waals surface area contributed by atoms with Crippen LogP contribution in [0.1, 0.15) is 42.6 Å². The summed E-state index contributed by atoms with van der Waals surface area (Å²) in [5.74, 6) is -0.362. The Kier molecular flexibility index (Phi) is 8.45. The third-order valence-corrected chi connectivity index (χ3v) is 4.18. The number of hydrogen-bond donors (Lipinski definition) is 2. The number of unbranched alkanes of at least 4 members (excludes halogenated alkanes) is 1. The van der Waals surface area contributed by atoms with Crippen LogP contribution in [0.25, 0.3) is 0 Å². The van der Waals surface area contributed by atoms with E-state index in [1.165, 1.54) is 0 Å². The van der Waals surface area contributed by atoms with Gasteiger partial charge in [-0.05, 0) is 59.6 Å². The van der Waals surface area contributed by atoms with Gasteiger partial charge in [0.15, 0.2) is 0 Å². The minimum Gasteiger partial charge on any atom is -0.462 e. The van der Waals surface area contributed by atoms with Crippen LogP contribution in [0.5, 0.6) is 0 Å². The lowest BCUT2D eigenvalue weighted by molar-refractivity contribution is 0.0492. The van der Waals surface area contributed by atoms with E-state index >= 15 is 0 Å². The lowest BCUT2D eigenvalue weighted by Gasteiger charge is -2.20. The van der Waals surface area contributed by atoms with E-state index in [2.05, 4.69) is 34.7 Å². The van der Waals surface area contributed by atoms with Gasteiger partial charge in [-0.2, -0.15) is 0 Å². The van der Waals surface area contributed by atoms with Crippen molar-refractivity contribution in [1.29, 1.82) is 0 Å². The molecule has 0 radical (unpaired) electrons. The Bertz CT molecular complexity index is 491. The maximum absolute atomic E-state index is 12.1. The monoisotopic (exact) mass is 372 g/mol. The van der Waals surface area contributed by atoms with Gasteiger partial charge >= 0.3 is 5.97 Å². The molecule has 0 unspecified atom stereocenters. The molecule has 0 aliphatic heterocycles. The van der Waals surface area contributed by atoms with Crippen molar-refractivity contribution in [3.05, 3.63) is 27.7 Å². The van der Waals surface area contributed by atoms with Crippen LogP contribution >= 0.6 is 15.9 Å². The first-order valence-electron chi connectivity index (χ1n) is 7.61. The molecule has 0 heterocycles.